The minimum absolute atomic E-state index is 0.200. The van der Waals surface area contributed by atoms with Gasteiger partial charge in [-0.3, -0.25) is 0 Å². The number of para-hydroxylation sites is 1. The Morgan fingerprint density at radius 1 is 1.14 bits per heavy atom. The molecule has 1 aromatic carbocycles. The van der Waals surface area contributed by atoms with E-state index in [0.717, 1.165) is 0 Å². The molecule has 1 heterocycles. The van der Waals surface area contributed by atoms with Crippen molar-refractivity contribution < 1.29 is 0 Å². The number of rotatable bonds is 3. The zero-order chi connectivity index (χ0) is 9.97. The fourth-order valence-electron chi connectivity index (χ4n) is 1.79. The fourth-order valence-corrected chi connectivity index (χ4v) is 1.79. The molecule has 0 bridgehead atoms. The van der Waals surface area contributed by atoms with Gasteiger partial charge in [0.05, 0.1) is 6.17 Å². The van der Waals surface area contributed by atoms with E-state index in [1.54, 1.807) is 0 Å². The van der Waals surface area contributed by atoms with Gasteiger partial charge in [-0.15, -0.1) is 0 Å². The van der Waals surface area contributed by atoms with Gasteiger partial charge in [-0.05, 0) is 20.2 Å². The van der Waals surface area contributed by atoms with E-state index in [1.807, 2.05) is 26.4 Å². The van der Waals surface area contributed by atoms with Crippen molar-refractivity contribution in [3.8, 4) is 0 Å². The molecule has 3 nitrogen and oxygen atoms in total. The molecule has 1 aromatic heterocycles. The van der Waals surface area contributed by atoms with Gasteiger partial charge in [0.25, 0.3) is 0 Å². The number of fused-ring (bicyclic) bond motifs is 1. The maximum absolute atomic E-state index is 3.26. The Hall–Kier alpha value is -1.32. The van der Waals surface area contributed by atoms with E-state index in [2.05, 4.69) is 33.8 Å². The van der Waals surface area contributed by atoms with Crippen LogP contribution in [0.4, 0.5) is 0 Å². The first kappa shape index (κ1) is 9.24. The van der Waals surface area contributed by atoms with Crippen molar-refractivity contribution >= 4 is 10.9 Å². The van der Waals surface area contributed by atoms with Crippen LogP contribution in [0, 0.1) is 0 Å². The smallest absolute Gasteiger partial charge is 0.0851 e. The summed E-state index contributed by atoms with van der Waals surface area (Å²) >= 11 is 0. The molecule has 0 saturated carbocycles. The van der Waals surface area contributed by atoms with E-state index < -0.39 is 0 Å². The van der Waals surface area contributed by atoms with Gasteiger partial charge in [-0.2, -0.15) is 0 Å². The summed E-state index contributed by atoms with van der Waals surface area (Å²) < 4.78 is 0. The second kappa shape index (κ2) is 3.82. The van der Waals surface area contributed by atoms with Crippen molar-refractivity contribution in [1.82, 2.24) is 15.6 Å². The van der Waals surface area contributed by atoms with Crippen LogP contribution in [0.3, 0.4) is 0 Å². The van der Waals surface area contributed by atoms with Gasteiger partial charge in [-0.1, -0.05) is 18.2 Å². The highest BCUT2D eigenvalue weighted by Crippen LogP contribution is 2.21. The predicted molar refractivity (Wildman–Crippen MR) is 59.2 cm³/mol. The Balaban J connectivity index is 2.51. The zero-order valence-corrected chi connectivity index (χ0v) is 8.46. The van der Waals surface area contributed by atoms with Crippen LogP contribution >= 0.6 is 0 Å². The molecule has 0 fully saturated rings. The van der Waals surface area contributed by atoms with E-state index in [9.17, 15) is 0 Å². The van der Waals surface area contributed by atoms with Crippen LogP contribution < -0.4 is 10.6 Å². The summed E-state index contributed by atoms with van der Waals surface area (Å²) in [5, 5.41) is 7.70. The fraction of sp³-hybridized carbons (Fsp3) is 0.273. The standard InChI is InChI=1S/C11H15N3/c1-12-11(13-2)9-7-14-10-6-4-3-5-8(9)10/h3-7,11-14H,1-2H3. The van der Waals surface area contributed by atoms with E-state index in [1.165, 1.54) is 16.5 Å². The van der Waals surface area contributed by atoms with Crippen LogP contribution in [-0.4, -0.2) is 19.1 Å². The van der Waals surface area contributed by atoms with Crippen molar-refractivity contribution in [2.24, 2.45) is 0 Å². The lowest BCUT2D eigenvalue weighted by Crippen LogP contribution is -2.28. The lowest BCUT2D eigenvalue weighted by Gasteiger charge is -2.13. The topological polar surface area (TPSA) is 39.8 Å². The van der Waals surface area contributed by atoms with Crippen LogP contribution in [-0.2, 0) is 0 Å². The average molecular weight is 189 g/mol. The first-order valence-corrected chi connectivity index (χ1v) is 4.77. The molecule has 2 aromatic rings. The van der Waals surface area contributed by atoms with Gasteiger partial charge < -0.3 is 15.6 Å². The average Bonchev–Trinajstić information content (AvgIpc) is 2.65. The Kier molecular flexibility index (Phi) is 2.52. The van der Waals surface area contributed by atoms with Gasteiger partial charge in [0.2, 0.25) is 0 Å². The van der Waals surface area contributed by atoms with Gasteiger partial charge in [0.1, 0.15) is 0 Å². The van der Waals surface area contributed by atoms with E-state index in [4.69, 9.17) is 0 Å². The molecule has 0 unspecified atom stereocenters. The molecule has 0 aliphatic rings. The van der Waals surface area contributed by atoms with Gasteiger partial charge in [-0.25, -0.2) is 0 Å². The van der Waals surface area contributed by atoms with Gasteiger partial charge in [0, 0.05) is 22.7 Å². The third-order valence-corrected chi connectivity index (χ3v) is 2.51. The van der Waals surface area contributed by atoms with Crippen LogP contribution in [0.2, 0.25) is 0 Å². The quantitative estimate of drug-likeness (QED) is 0.642. The van der Waals surface area contributed by atoms with E-state index in [0.29, 0.717) is 0 Å². The second-order valence-electron chi connectivity index (χ2n) is 3.30. The SMILES string of the molecule is CNC(NC)c1c[nH]c2ccccc12. The number of H-pyrrole nitrogens is 1. The minimum atomic E-state index is 0.200. The normalized spacial score (nSPS) is 11.4. The van der Waals surface area contributed by atoms with Crippen molar-refractivity contribution in [1.29, 1.82) is 0 Å². The Bertz CT molecular complexity index is 415. The summed E-state index contributed by atoms with van der Waals surface area (Å²) in [4.78, 5) is 3.26. The molecule has 3 heteroatoms. The largest absolute Gasteiger partial charge is 0.361 e. The lowest BCUT2D eigenvalue weighted by atomic mass is 10.1. The summed E-state index contributed by atoms with van der Waals surface area (Å²) in [6, 6.07) is 8.31. The van der Waals surface area contributed by atoms with Crippen LogP contribution in [0.15, 0.2) is 30.5 Å². The number of hydrogen-bond donors (Lipinski definition) is 3. The minimum Gasteiger partial charge on any atom is -0.361 e. The highest BCUT2D eigenvalue weighted by atomic mass is 15.1. The summed E-state index contributed by atoms with van der Waals surface area (Å²) in [7, 11) is 3.89. The number of hydrogen-bond acceptors (Lipinski definition) is 2. The molecule has 74 valence electrons. The maximum atomic E-state index is 3.26. The van der Waals surface area contributed by atoms with Gasteiger partial charge in [0.15, 0.2) is 0 Å². The molecule has 0 spiro atoms. The molecule has 0 atom stereocenters. The van der Waals surface area contributed by atoms with Crippen LogP contribution in [0.25, 0.3) is 10.9 Å². The molecule has 0 amide bonds. The monoisotopic (exact) mass is 189 g/mol. The van der Waals surface area contributed by atoms with Gasteiger partial charge >= 0.3 is 0 Å². The van der Waals surface area contributed by atoms with E-state index >= 15 is 0 Å². The Labute approximate surface area is 83.5 Å². The highest BCUT2D eigenvalue weighted by Gasteiger charge is 2.10. The van der Waals surface area contributed by atoms with Crippen molar-refractivity contribution in [3.05, 3.63) is 36.0 Å². The zero-order valence-electron chi connectivity index (χ0n) is 8.46. The molecule has 0 aliphatic heterocycles. The predicted octanol–water partition coefficient (Wildman–Crippen LogP) is 1.61. The molecule has 0 radical (unpaired) electrons. The van der Waals surface area contributed by atoms with E-state index in [-0.39, 0.29) is 6.17 Å². The highest BCUT2D eigenvalue weighted by molar-refractivity contribution is 5.83. The summed E-state index contributed by atoms with van der Waals surface area (Å²) in [5.74, 6) is 0. The second-order valence-corrected chi connectivity index (χ2v) is 3.30. The Morgan fingerprint density at radius 2 is 1.86 bits per heavy atom. The lowest BCUT2D eigenvalue weighted by molar-refractivity contribution is 0.523. The number of aromatic amines is 1. The molecule has 2 rings (SSSR count). The maximum Gasteiger partial charge on any atom is 0.0851 e. The summed E-state index contributed by atoms with van der Waals surface area (Å²) in [6.45, 7) is 0. The molecular formula is C11H15N3. The first-order valence-electron chi connectivity index (χ1n) is 4.77. The molecule has 14 heavy (non-hydrogen) atoms. The van der Waals surface area contributed by atoms with Crippen molar-refractivity contribution in [3.63, 3.8) is 0 Å². The third kappa shape index (κ3) is 1.41. The molecule has 3 N–H and O–H groups in total. The Morgan fingerprint density at radius 3 is 2.57 bits per heavy atom. The first-order chi connectivity index (χ1) is 6.86. The van der Waals surface area contributed by atoms with Crippen molar-refractivity contribution in [2.75, 3.05) is 14.1 Å². The molecule has 0 saturated heterocycles. The molecular weight excluding hydrogens is 174 g/mol. The van der Waals surface area contributed by atoms with Crippen molar-refractivity contribution in [2.45, 2.75) is 6.17 Å². The van der Waals surface area contributed by atoms with Crippen LogP contribution in [0.1, 0.15) is 11.7 Å². The number of benzene rings is 1. The third-order valence-electron chi connectivity index (χ3n) is 2.51. The van der Waals surface area contributed by atoms with Crippen LogP contribution in [0.5, 0.6) is 0 Å². The summed E-state index contributed by atoms with van der Waals surface area (Å²) in [6.07, 6.45) is 2.24. The number of nitrogens with one attached hydrogen (secondary N) is 3. The molecule has 0 aliphatic carbocycles. The summed E-state index contributed by atoms with van der Waals surface area (Å²) in [5.41, 5.74) is 2.43. The number of aromatic nitrogens is 1.